The van der Waals surface area contributed by atoms with Crippen molar-refractivity contribution in [1.29, 1.82) is 0 Å². The minimum Gasteiger partial charge on any atom is -0.335 e. The normalized spacial score (nSPS) is 17.5. The number of aromatic nitrogens is 2. The topological polar surface area (TPSA) is 84.5 Å². The fourth-order valence-corrected chi connectivity index (χ4v) is 4.45. The summed E-state index contributed by atoms with van der Waals surface area (Å²) in [4.78, 5) is 31.5. The molecule has 1 aromatic carbocycles. The quantitative estimate of drug-likeness (QED) is 0.502. The zero-order chi connectivity index (χ0) is 25.5. The lowest BCUT2D eigenvalue weighted by Gasteiger charge is -2.32. The van der Waals surface area contributed by atoms with Crippen LogP contribution < -0.4 is 10.6 Å². The Balaban J connectivity index is 1.52. The molecule has 3 heterocycles. The number of nitrogens with zero attached hydrogens (tertiary/aromatic N) is 4. The van der Waals surface area contributed by atoms with Gasteiger partial charge in [-0.1, -0.05) is 0 Å². The highest BCUT2D eigenvalue weighted by molar-refractivity contribution is 5.93. The molecule has 1 unspecified atom stereocenters. The molecule has 13 heteroatoms. The highest BCUT2D eigenvalue weighted by atomic mass is 19.4. The predicted molar refractivity (Wildman–Crippen MR) is 111 cm³/mol. The van der Waals surface area contributed by atoms with Crippen LogP contribution in [0.2, 0.25) is 0 Å². The number of fused-ring (bicyclic) bond motifs is 1. The van der Waals surface area contributed by atoms with E-state index < -0.39 is 41.4 Å². The van der Waals surface area contributed by atoms with Gasteiger partial charge >= 0.3 is 6.18 Å². The van der Waals surface area contributed by atoms with Crippen LogP contribution in [0.5, 0.6) is 0 Å². The van der Waals surface area contributed by atoms with Gasteiger partial charge in [0.25, 0.3) is 0 Å². The molecule has 4 rings (SSSR count). The third kappa shape index (κ3) is 5.14. The lowest BCUT2D eigenvalue weighted by Crippen LogP contribution is -2.43. The fourth-order valence-electron chi connectivity index (χ4n) is 4.45. The number of benzene rings is 1. The largest absolute Gasteiger partial charge is 0.449 e. The second-order valence-electron chi connectivity index (χ2n) is 8.70. The van der Waals surface area contributed by atoms with Gasteiger partial charge in [0, 0.05) is 44.6 Å². The van der Waals surface area contributed by atoms with E-state index in [4.69, 9.17) is 5.73 Å². The molecule has 0 spiro atoms. The molecule has 7 nitrogen and oxygen atoms in total. The number of hydrogen-bond acceptors (Lipinski definition) is 4. The summed E-state index contributed by atoms with van der Waals surface area (Å²) >= 11 is 0. The first-order valence-corrected chi connectivity index (χ1v) is 11.1. The summed E-state index contributed by atoms with van der Waals surface area (Å²) < 4.78 is 82.3. The molecular formula is C22H23F6N5O2. The molecule has 1 atom stereocenters. The van der Waals surface area contributed by atoms with Crippen LogP contribution >= 0.6 is 0 Å². The van der Waals surface area contributed by atoms with E-state index in [9.17, 15) is 35.9 Å². The van der Waals surface area contributed by atoms with Crippen molar-refractivity contribution in [2.75, 3.05) is 18.0 Å². The summed E-state index contributed by atoms with van der Waals surface area (Å²) in [6.07, 6.45) is -3.82. The van der Waals surface area contributed by atoms with Gasteiger partial charge in [-0.2, -0.15) is 13.2 Å². The average molecular weight is 503 g/mol. The van der Waals surface area contributed by atoms with Crippen molar-refractivity contribution in [3.63, 3.8) is 0 Å². The fraction of sp³-hybridized carbons (Fsp3) is 0.500. The minimum absolute atomic E-state index is 0.0507. The summed E-state index contributed by atoms with van der Waals surface area (Å²) in [6, 6.07) is 0.129. The van der Waals surface area contributed by atoms with Gasteiger partial charge < -0.3 is 15.2 Å². The van der Waals surface area contributed by atoms with Gasteiger partial charge in [0.1, 0.15) is 5.82 Å². The molecule has 2 aromatic rings. The number of hydrogen-bond donors (Lipinski definition) is 1. The molecule has 2 aliphatic heterocycles. The molecule has 0 saturated carbocycles. The second-order valence-corrected chi connectivity index (χ2v) is 8.70. The number of rotatable bonds is 5. The summed E-state index contributed by atoms with van der Waals surface area (Å²) in [7, 11) is 0. The van der Waals surface area contributed by atoms with E-state index in [1.54, 1.807) is 0 Å². The van der Waals surface area contributed by atoms with Gasteiger partial charge in [-0.3, -0.25) is 14.5 Å². The monoisotopic (exact) mass is 503 g/mol. The number of amides is 2. The Morgan fingerprint density at radius 1 is 1.06 bits per heavy atom. The van der Waals surface area contributed by atoms with Crippen molar-refractivity contribution in [3.8, 4) is 0 Å². The average Bonchev–Trinajstić information content (AvgIpc) is 3.17. The number of carbonyl (C=O) groups excluding carboxylic acids is 2. The third-order valence-electron chi connectivity index (χ3n) is 6.18. The summed E-state index contributed by atoms with van der Waals surface area (Å²) in [5.41, 5.74) is 5.85. The summed E-state index contributed by atoms with van der Waals surface area (Å²) in [5.74, 6) is -5.65. The van der Waals surface area contributed by atoms with Crippen molar-refractivity contribution in [1.82, 2.24) is 14.5 Å². The first kappa shape index (κ1) is 25.0. The summed E-state index contributed by atoms with van der Waals surface area (Å²) in [6.45, 7) is -0.213. The van der Waals surface area contributed by atoms with Crippen LogP contribution in [0, 0.1) is 17.5 Å². The second kappa shape index (κ2) is 9.51. The van der Waals surface area contributed by atoms with Gasteiger partial charge in [0.2, 0.25) is 17.6 Å². The highest BCUT2D eigenvalue weighted by Crippen LogP contribution is 2.36. The van der Waals surface area contributed by atoms with Gasteiger partial charge in [0.05, 0.1) is 12.2 Å². The Morgan fingerprint density at radius 2 is 1.77 bits per heavy atom. The molecule has 190 valence electrons. The van der Waals surface area contributed by atoms with Crippen molar-refractivity contribution in [2.24, 2.45) is 5.73 Å². The van der Waals surface area contributed by atoms with E-state index in [0.29, 0.717) is 25.0 Å². The third-order valence-corrected chi connectivity index (χ3v) is 6.18. The minimum atomic E-state index is -4.74. The number of carbonyl (C=O) groups is 2. The summed E-state index contributed by atoms with van der Waals surface area (Å²) in [5, 5.41) is 0. The van der Waals surface area contributed by atoms with Crippen LogP contribution in [-0.2, 0) is 35.3 Å². The molecule has 35 heavy (non-hydrogen) atoms. The first-order valence-electron chi connectivity index (χ1n) is 11.1. The van der Waals surface area contributed by atoms with Gasteiger partial charge in [-0.05, 0) is 30.9 Å². The zero-order valence-electron chi connectivity index (χ0n) is 18.5. The number of nitrogens with two attached hydrogens (primary N) is 1. The van der Waals surface area contributed by atoms with Crippen molar-refractivity contribution in [2.45, 2.75) is 57.4 Å². The molecule has 2 amide bonds. The van der Waals surface area contributed by atoms with E-state index >= 15 is 0 Å². The van der Waals surface area contributed by atoms with Crippen LogP contribution in [0.4, 0.5) is 32.2 Å². The molecular weight excluding hydrogens is 480 g/mol. The van der Waals surface area contributed by atoms with Crippen LogP contribution in [-0.4, -0.2) is 45.4 Å². The lowest BCUT2D eigenvalue weighted by atomic mass is 10.0. The smallest absolute Gasteiger partial charge is 0.335 e. The van der Waals surface area contributed by atoms with E-state index in [0.717, 1.165) is 4.57 Å². The number of alkyl halides is 3. The number of halogens is 6. The van der Waals surface area contributed by atoms with E-state index in [1.165, 1.54) is 9.80 Å². The predicted octanol–water partition coefficient (Wildman–Crippen LogP) is 3.14. The van der Waals surface area contributed by atoms with Gasteiger partial charge in [-0.15, -0.1) is 0 Å². The van der Waals surface area contributed by atoms with Crippen LogP contribution in [0.25, 0.3) is 0 Å². The Hall–Kier alpha value is -3.09. The Morgan fingerprint density at radius 3 is 2.46 bits per heavy atom. The molecule has 2 aliphatic rings. The van der Waals surface area contributed by atoms with Crippen LogP contribution in [0.15, 0.2) is 12.1 Å². The van der Waals surface area contributed by atoms with E-state index in [1.807, 2.05) is 0 Å². The maximum Gasteiger partial charge on any atom is 0.449 e. The standard InChI is InChI=1S/C22H23F6N5O2/c23-14-10-16(25)15(24)8-12(14)7-13(29)9-19(35)31-5-6-32-17(11-31)20(30-21(32)22(26,27)28)33-4-2-1-3-18(33)34/h8,10,13H,1-7,9,11,29H2. The number of anilines is 1. The van der Waals surface area contributed by atoms with E-state index in [-0.39, 0.29) is 68.4 Å². The zero-order valence-corrected chi connectivity index (χ0v) is 18.5. The van der Waals surface area contributed by atoms with E-state index in [2.05, 4.69) is 4.98 Å². The Bertz CT molecular complexity index is 1150. The first-order chi connectivity index (χ1) is 16.5. The van der Waals surface area contributed by atoms with Gasteiger partial charge in [-0.25, -0.2) is 18.2 Å². The van der Waals surface area contributed by atoms with Crippen LogP contribution in [0.1, 0.15) is 42.8 Å². The molecule has 0 bridgehead atoms. The number of imidazole rings is 1. The van der Waals surface area contributed by atoms with Crippen molar-refractivity contribution in [3.05, 3.63) is 46.7 Å². The Labute approximate surface area is 196 Å². The molecule has 1 fully saturated rings. The molecule has 1 saturated heterocycles. The molecule has 1 aromatic heterocycles. The maximum absolute atomic E-state index is 13.9. The van der Waals surface area contributed by atoms with Gasteiger partial charge in [0.15, 0.2) is 17.5 Å². The Kier molecular flexibility index (Phi) is 6.80. The molecule has 0 aliphatic carbocycles. The molecule has 2 N–H and O–H groups in total. The van der Waals surface area contributed by atoms with Crippen LogP contribution in [0.3, 0.4) is 0 Å². The van der Waals surface area contributed by atoms with Crippen molar-refractivity contribution >= 4 is 17.6 Å². The maximum atomic E-state index is 13.9. The number of piperidine rings is 1. The SMILES string of the molecule is NC(CC(=O)N1CCn2c(C(F)(F)F)nc(N3CCCCC3=O)c2C1)Cc1cc(F)c(F)cc1F. The lowest BCUT2D eigenvalue weighted by molar-refractivity contribution is -0.148. The molecule has 0 radical (unpaired) electrons. The van der Waals surface area contributed by atoms with Crippen molar-refractivity contribution < 1.29 is 35.9 Å². The highest BCUT2D eigenvalue weighted by Gasteiger charge is 2.42.